The lowest BCUT2D eigenvalue weighted by Gasteiger charge is -2.16. The van der Waals surface area contributed by atoms with Crippen molar-refractivity contribution in [1.82, 2.24) is 4.90 Å². The Balaban J connectivity index is 3.02. The van der Waals surface area contributed by atoms with Crippen LogP contribution < -0.4 is 0 Å². The number of nitriles is 1. The van der Waals surface area contributed by atoms with Crippen LogP contribution >= 0.6 is 0 Å². The van der Waals surface area contributed by atoms with E-state index in [0.717, 1.165) is 6.07 Å². The quantitative estimate of drug-likeness (QED) is 0.586. The molecule has 1 aromatic carbocycles. The number of hydrogen-bond donors (Lipinski definition) is 0. The second-order valence-electron chi connectivity index (χ2n) is 3.54. The van der Waals surface area contributed by atoms with E-state index < -0.39 is 11.7 Å². The summed E-state index contributed by atoms with van der Waals surface area (Å²) in [7, 11) is 0. The van der Waals surface area contributed by atoms with Gasteiger partial charge in [-0.1, -0.05) is 5.92 Å². The lowest BCUT2D eigenvalue weighted by Crippen LogP contribution is -2.31. The van der Waals surface area contributed by atoms with Gasteiger partial charge in [0.2, 0.25) is 0 Å². The number of benzene rings is 1. The van der Waals surface area contributed by atoms with Gasteiger partial charge in [0.25, 0.3) is 5.91 Å². The summed E-state index contributed by atoms with van der Waals surface area (Å²) in [5.74, 6) is 1.37. The number of rotatable bonds is 3. The molecule has 0 aromatic heterocycles. The average Bonchev–Trinajstić information content (AvgIpc) is 2.26. The molecule has 0 aliphatic rings. The monoisotopic (exact) mass is 230 g/mol. The van der Waals surface area contributed by atoms with Crippen molar-refractivity contribution in [2.75, 3.05) is 13.1 Å². The lowest BCUT2D eigenvalue weighted by molar-refractivity contribution is 0.0795. The number of carbonyl (C=O) groups excluding carboxylic acids is 1. The van der Waals surface area contributed by atoms with E-state index >= 15 is 0 Å². The van der Waals surface area contributed by atoms with Crippen LogP contribution in [0.4, 0.5) is 4.39 Å². The van der Waals surface area contributed by atoms with Gasteiger partial charge >= 0.3 is 0 Å². The average molecular weight is 230 g/mol. The van der Waals surface area contributed by atoms with E-state index in [2.05, 4.69) is 5.92 Å². The first kappa shape index (κ1) is 12.7. The Bertz CT molecular complexity index is 475. The molecular weight excluding hydrogens is 219 g/mol. The highest BCUT2D eigenvalue weighted by atomic mass is 19.1. The number of halogens is 1. The summed E-state index contributed by atoms with van der Waals surface area (Å²) in [5, 5.41) is 8.58. The maximum absolute atomic E-state index is 13.1. The summed E-state index contributed by atoms with van der Waals surface area (Å²) in [6.45, 7) is 1.61. The van der Waals surface area contributed by atoms with Crippen molar-refractivity contribution in [3.8, 4) is 18.4 Å². The molecule has 1 rings (SSSR count). The van der Waals surface area contributed by atoms with E-state index in [1.165, 1.54) is 11.0 Å². The third kappa shape index (κ3) is 3.32. The predicted octanol–water partition coefficient (Wildman–Crippen LogP) is 1.73. The number of nitrogens with zero attached hydrogens (tertiary/aromatic N) is 2. The molecule has 4 heteroatoms. The molecule has 0 bridgehead atoms. The smallest absolute Gasteiger partial charge is 0.255 e. The Kier molecular flexibility index (Phi) is 4.25. The van der Waals surface area contributed by atoms with E-state index in [0.29, 0.717) is 5.56 Å². The minimum Gasteiger partial charge on any atom is -0.314 e. The molecule has 0 atom stereocenters. The van der Waals surface area contributed by atoms with Gasteiger partial charge in [0.15, 0.2) is 0 Å². The summed E-state index contributed by atoms with van der Waals surface area (Å²) in [5.41, 5.74) is 0.846. The molecule has 0 radical (unpaired) electrons. The standard InChI is InChI=1S/C13H11FN2O/c1-3-5-16(6-4-15)13(17)11-7-10(2)8-12(14)9-11/h1,7-9H,5-6H2,2H3. The van der Waals surface area contributed by atoms with Crippen molar-refractivity contribution in [2.24, 2.45) is 0 Å². The molecule has 0 fully saturated rings. The van der Waals surface area contributed by atoms with Crippen molar-refractivity contribution < 1.29 is 9.18 Å². The zero-order valence-electron chi connectivity index (χ0n) is 9.40. The molecule has 0 aliphatic carbocycles. The SMILES string of the molecule is C#CCN(CC#N)C(=O)c1cc(C)cc(F)c1. The summed E-state index contributed by atoms with van der Waals surface area (Å²) in [6, 6.07) is 5.87. The number of carbonyl (C=O) groups is 1. The highest BCUT2D eigenvalue weighted by Crippen LogP contribution is 2.10. The third-order valence-corrected chi connectivity index (χ3v) is 2.12. The maximum Gasteiger partial charge on any atom is 0.255 e. The zero-order valence-corrected chi connectivity index (χ0v) is 9.40. The maximum atomic E-state index is 13.1. The van der Waals surface area contributed by atoms with Gasteiger partial charge in [0, 0.05) is 5.56 Å². The number of hydrogen-bond acceptors (Lipinski definition) is 2. The van der Waals surface area contributed by atoms with Gasteiger partial charge in [0.1, 0.15) is 12.4 Å². The molecule has 1 aromatic rings. The molecule has 0 saturated carbocycles. The zero-order chi connectivity index (χ0) is 12.8. The van der Waals surface area contributed by atoms with Gasteiger partial charge in [0.05, 0.1) is 12.6 Å². The molecule has 3 nitrogen and oxygen atoms in total. The molecular formula is C13H11FN2O. The highest BCUT2D eigenvalue weighted by Gasteiger charge is 2.15. The van der Waals surface area contributed by atoms with Crippen LogP contribution in [0.2, 0.25) is 0 Å². The van der Waals surface area contributed by atoms with Crippen LogP contribution in [0.1, 0.15) is 15.9 Å². The second kappa shape index (κ2) is 5.67. The van der Waals surface area contributed by atoms with E-state index in [9.17, 15) is 9.18 Å². The number of aryl methyl sites for hydroxylation is 1. The highest BCUT2D eigenvalue weighted by molar-refractivity contribution is 5.94. The van der Waals surface area contributed by atoms with Crippen molar-refractivity contribution >= 4 is 5.91 Å². The molecule has 0 N–H and O–H groups in total. The molecule has 0 spiro atoms. The molecule has 86 valence electrons. The van der Waals surface area contributed by atoms with Crippen molar-refractivity contribution in [1.29, 1.82) is 5.26 Å². The lowest BCUT2D eigenvalue weighted by atomic mass is 10.1. The van der Waals surface area contributed by atoms with E-state index in [1.54, 1.807) is 13.0 Å². The second-order valence-corrected chi connectivity index (χ2v) is 3.54. The Labute approximate surface area is 99.5 Å². The number of terminal acetylenes is 1. The Morgan fingerprint density at radius 2 is 2.18 bits per heavy atom. The van der Waals surface area contributed by atoms with Crippen LogP contribution in [-0.2, 0) is 0 Å². The van der Waals surface area contributed by atoms with Crippen molar-refractivity contribution in [3.05, 3.63) is 35.1 Å². The molecule has 1 amide bonds. The molecule has 0 aliphatic heterocycles. The van der Waals surface area contributed by atoms with E-state index in [4.69, 9.17) is 11.7 Å². The summed E-state index contributed by atoms with van der Waals surface area (Å²) >= 11 is 0. The van der Waals surface area contributed by atoms with Crippen LogP contribution in [-0.4, -0.2) is 23.9 Å². The van der Waals surface area contributed by atoms with Crippen LogP contribution in [0, 0.1) is 36.4 Å². The van der Waals surface area contributed by atoms with Crippen LogP contribution in [0.15, 0.2) is 18.2 Å². The minimum atomic E-state index is -0.481. The molecule has 17 heavy (non-hydrogen) atoms. The Hall–Kier alpha value is -2.33. The largest absolute Gasteiger partial charge is 0.314 e. The van der Waals surface area contributed by atoms with Crippen molar-refractivity contribution in [3.63, 3.8) is 0 Å². The Morgan fingerprint density at radius 1 is 1.47 bits per heavy atom. The van der Waals surface area contributed by atoms with E-state index in [-0.39, 0.29) is 18.7 Å². The fourth-order valence-corrected chi connectivity index (χ4v) is 1.44. The van der Waals surface area contributed by atoms with E-state index in [1.807, 2.05) is 6.07 Å². The normalized spacial score (nSPS) is 9.18. The third-order valence-electron chi connectivity index (χ3n) is 2.12. The first-order valence-electron chi connectivity index (χ1n) is 4.95. The van der Waals surface area contributed by atoms with Gasteiger partial charge in [-0.15, -0.1) is 6.42 Å². The van der Waals surface area contributed by atoms with Gasteiger partial charge in [-0.2, -0.15) is 5.26 Å². The fourth-order valence-electron chi connectivity index (χ4n) is 1.44. The van der Waals surface area contributed by atoms with Crippen molar-refractivity contribution in [2.45, 2.75) is 6.92 Å². The Morgan fingerprint density at radius 3 is 2.71 bits per heavy atom. The van der Waals surface area contributed by atoms with Gasteiger partial charge in [-0.05, 0) is 30.7 Å². The first-order valence-corrected chi connectivity index (χ1v) is 4.95. The topological polar surface area (TPSA) is 44.1 Å². The van der Waals surface area contributed by atoms with Gasteiger partial charge < -0.3 is 4.90 Å². The molecule has 0 saturated heterocycles. The van der Waals surface area contributed by atoms with Gasteiger partial charge in [-0.25, -0.2) is 4.39 Å². The molecule has 0 heterocycles. The fraction of sp³-hybridized carbons (Fsp3) is 0.231. The number of amides is 1. The van der Waals surface area contributed by atoms with Crippen LogP contribution in [0.3, 0.4) is 0 Å². The predicted molar refractivity (Wildman–Crippen MR) is 61.5 cm³/mol. The summed E-state index contributed by atoms with van der Waals surface area (Å²) < 4.78 is 13.1. The van der Waals surface area contributed by atoms with Crippen LogP contribution in [0.25, 0.3) is 0 Å². The summed E-state index contributed by atoms with van der Waals surface area (Å²) in [6.07, 6.45) is 5.11. The molecule has 0 unspecified atom stereocenters. The summed E-state index contributed by atoms with van der Waals surface area (Å²) in [4.78, 5) is 13.1. The van der Waals surface area contributed by atoms with Crippen LogP contribution in [0.5, 0.6) is 0 Å². The first-order chi connectivity index (χ1) is 8.08. The minimum absolute atomic E-state index is 0.0297. The van der Waals surface area contributed by atoms with Gasteiger partial charge in [-0.3, -0.25) is 4.79 Å².